The lowest BCUT2D eigenvalue weighted by atomic mass is 10.1. The van der Waals surface area contributed by atoms with Gasteiger partial charge in [-0.3, -0.25) is 9.59 Å². The summed E-state index contributed by atoms with van der Waals surface area (Å²) in [5.41, 5.74) is 9.26. The Morgan fingerprint density at radius 3 is 2.20 bits per heavy atom. The second kappa shape index (κ2) is 13.9. The Morgan fingerprint density at radius 1 is 0.976 bits per heavy atom. The summed E-state index contributed by atoms with van der Waals surface area (Å²) < 4.78 is 35.5. The van der Waals surface area contributed by atoms with E-state index in [1.807, 2.05) is 82.6 Å². The summed E-state index contributed by atoms with van der Waals surface area (Å²) in [5, 5.41) is 8.05. The molecule has 2 heterocycles. The van der Waals surface area contributed by atoms with Crippen molar-refractivity contribution in [1.82, 2.24) is 19.0 Å². The van der Waals surface area contributed by atoms with Gasteiger partial charge in [0.2, 0.25) is 5.91 Å². The molecule has 0 radical (unpaired) electrons. The van der Waals surface area contributed by atoms with Crippen molar-refractivity contribution in [2.75, 3.05) is 19.6 Å². The summed E-state index contributed by atoms with van der Waals surface area (Å²) in [6.45, 7) is 6.80. The van der Waals surface area contributed by atoms with Gasteiger partial charge in [0.05, 0.1) is 11.0 Å². The molecule has 0 aliphatic carbocycles. The molecule has 0 aliphatic heterocycles. The number of carboxylic acid groups (broad SMARTS) is 1. The molecule has 0 atom stereocenters. The summed E-state index contributed by atoms with van der Waals surface area (Å²) in [4.78, 5) is 42.1. The lowest BCUT2D eigenvalue weighted by Crippen LogP contribution is -2.33. The van der Waals surface area contributed by atoms with Gasteiger partial charge in [-0.1, -0.05) is 36.8 Å². The fourth-order valence-corrected chi connectivity index (χ4v) is 4.57. The van der Waals surface area contributed by atoms with E-state index in [9.17, 15) is 22.8 Å². The topological polar surface area (TPSA) is 123 Å². The molecule has 2 aromatic carbocycles. The predicted octanol–water partition coefficient (Wildman–Crippen LogP) is 4.65. The van der Waals surface area contributed by atoms with E-state index in [1.165, 1.54) is 0 Å². The van der Waals surface area contributed by atoms with E-state index in [2.05, 4.69) is 0 Å². The van der Waals surface area contributed by atoms with E-state index in [4.69, 9.17) is 20.6 Å². The lowest BCUT2D eigenvalue weighted by Gasteiger charge is -2.19. The van der Waals surface area contributed by atoms with Gasteiger partial charge in [0.25, 0.3) is 5.56 Å². The standard InChI is InChI=1S/C27H33N5O2.C2HF3O2/c1-3-30(4-2)25(33)19-31-18-21(20-12-6-8-14-23(20)31)26-27(34)32(17-11-5-10-16-28)24-15-9-7-13-22(24)29-26;3-2(4,5)1(6)7/h6-9,12-15,18H,3-5,10-11,16-17,19,28H2,1-2H3;(H,6,7). The van der Waals surface area contributed by atoms with Gasteiger partial charge in [-0.15, -0.1) is 0 Å². The number of aliphatic carboxylic acids is 1. The first-order valence-electron chi connectivity index (χ1n) is 13.4. The highest BCUT2D eigenvalue weighted by molar-refractivity contribution is 5.96. The Balaban J connectivity index is 0.000000587. The Labute approximate surface area is 235 Å². The van der Waals surface area contributed by atoms with Gasteiger partial charge in [0.1, 0.15) is 12.2 Å². The van der Waals surface area contributed by atoms with E-state index < -0.39 is 12.1 Å². The van der Waals surface area contributed by atoms with Gasteiger partial charge < -0.3 is 24.9 Å². The number of likely N-dealkylation sites (N-methyl/N-ethyl adjacent to an activating group) is 1. The number of fused-ring (bicyclic) bond motifs is 2. The fraction of sp³-hybridized carbons (Fsp3) is 0.379. The lowest BCUT2D eigenvalue weighted by molar-refractivity contribution is -0.192. The first kappa shape index (κ1) is 31.3. The molecule has 0 bridgehead atoms. The van der Waals surface area contributed by atoms with Crippen molar-refractivity contribution >= 4 is 33.8 Å². The second-order valence-corrected chi connectivity index (χ2v) is 9.31. The number of carbonyl (C=O) groups excluding carboxylic acids is 1. The number of hydrogen-bond donors (Lipinski definition) is 2. The third-order valence-electron chi connectivity index (χ3n) is 6.65. The summed E-state index contributed by atoms with van der Waals surface area (Å²) in [6, 6.07) is 15.6. The van der Waals surface area contributed by atoms with Gasteiger partial charge >= 0.3 is 12.1 Å². The average molecular weight is 574 g/mol. The van der Waals surface area contributed by atoms with Gasteiger partial charge in [-0.05, 0) is 51.4 Å². The number of alkyl halides is 3. The molecule has 1 amide bonds. The number of carboxylic acids is 1. The van der Waals surface area contributed by atoms with Crippen LogP contribution in [0.1, 0.15) is 33.1 Å². The van der Waals surface area contributed by atoms with Crippen LogP contribution in [0.2, 0.25) is 0 Å². The van der Waals surface area contributed by atoms with Gasteiger partial charge in [0.15, 0.2) is 0 Å². The van der Waals surface area contributed by atoms with Crippen LogP contribution in [0.3, 0.4) is 0 Å². The molecule has 0 saturated carbocycles. The molecule has 0 fully saturated rings. The zero-order chi connectivity index (χ0) is 30.2. The number of benzene rings is 2. The van der Waals surface area contributed by atoms with E-state index in [-0.39, 0.29) is 18.0 Å². The van der Waals surface area contributed by atoms with E-state index in [1.54, 1.807) is 0 Å². The quantitative estimate of drug-likeness (QED) is 0.266. The SMILES string of the molecule is CCN(CC)C(=O)Cn1cc(-c2nc3ccccc3n(CCCCCN)c2=O)c2ccccc21.O=C(O)C(F)(F)F. The van der Waals surface area contributed by atoms with Crippen molar-refractivity contribution in [2.45, 2.75) is 52.4 Å². The highest BCUT2D eigenvalue weighted by Crippen LogP contribution is 2.29. The summed E-state index contributed by atoms with van der Waals surface area (Å²) in [5.74, 6) is -2.70. The number of unbranched alkanes of at least 4 members (excludes halogenated alkanes) is 2. The molecule has 0 spiro atoms. The van der Waals surface area contributed by atoms with E-state index in [0.717, 1.165) is 46.8 Å². The molecule has 9 nitrogen and oxygen atoms in total. The van der Waals surface area contributed by atoms with Crippen LogP contribution < -0.4 is 11.3 Å². The molecule has 0 aliphatic rings. The Kier molecular flexibility index (Phi) is 10.6. The molecular formula is C29H34F3N5O4. The number of nitrogens with zero attached hydrogens (tertiary/aromatic N) is 4. The first-order chi connectivity index (χ1) is 19.5. The van der Waals surface area contributed by atoms with Crippen molar-refractivity contribution in [3.05, 3.63) is 65.1 Å². The zero-order valence-corrected chi connectivity index (χ0v) is 23.0. The molecule has 4 rings (SSSR count). The van der Waals surface area contributed by atoms with Crippen molar-refractivity contribution < 1.29 is 27.9 Å². The van der Waals surface area contributed by atoms with Crippen LogP contribution in [0.25, 0.3) is 33.2 Å². The number of nitrogens with two attached hydrogens (primary N) is 1. The van der Waals surface area contributed by atoms with Gasteiger partial charge in [-0.2, -0.15) is 13.2 Å². The highest BCUT2D eigenvalue weighted by atomic mass is 19.4. The van der Waals surface area contributed by atoms with Crippen LogP contribution in [0.4, 0.5) is 13.2 Å². The molecule has 3 N–H and O–H groups in total. The van der Waals surface area contributed by atoms with Crippen LogP contribution >= 0.6 is 0 Å². The molecule has 0 saturated heterocycles. The highest BCUT2D eigenvalue weighted by Gasteiger charge is 2.38. The Morgan fingerprint density at radius 2 is 1.59 bits per heavy atom. The maximum Gasteiger partial charge on any atom is 0.490 e. The number of halogens is 3. The van der Waals surface area contributed by atoms with E-state index in [0.29, 0.717) is 31.9 Å². The van der Waals surface area contributed by atoms with Crippen LogP contribution in [0.15, 0.2) is 59.5 Å². The Bertz CT molecular complexity index is 1560. The molecule has 41 heavy (non-hydrogen) atoms. The molecule has 4 aromatic rings. The summed E-state index contributed by atoms with van der Waals surface area (Å²) in [6.07, 6.45) is -0.381. The minimum atomic E-state index is -5.08. The first-order valence-corrected chi connectivity index (χ1v) is 13.4. The number of para-hydroxylation sites is 3. The fourth-order valence-electron chi connectivity index (χ4n) is 4.57. The third-order valence-corrected chi connectivity index (χ3v) is 6.65. The van der Waals surface area contributed by atoms with Gasteiger partial charge in [0, 0.05) is 42.3 Å². The molecule has 220 valence electrons. The maximum absolute atomic E-state index is 13.7. The average Bonchev–Trinajstić information content (AvgIpc) is 3.30. The van der Waals surface area contributed by atoms with Crippen molar-refractivity contribution in [3.63, 3.8) is 0 Å². The Hall–Kier alpha value is -4.19. The van der Waals surface area contributed by atoms with Crippen molar-refractivity contribution in [3.8, 4) is 11.3 Å². The smallest absolute Gasteiger partial charge is 0.475 e. The summed E-state index contributed by atoms with van der Waals surface area (Å²) in [7, 11) is 0. The summed E-state index contributed by atoms with van der Waals surface area (Å²) >= 11 is 0. The van der Waals surface area contributed by atoms with Crippen LogP contribution in [-0.2, 0) is 22.7 Å². The molecule has 2 aromatic heterocycles. The minimum Gasteiger partial charge on any atom is -0.475 e. The number of amides is 1. The third kappa shape index (κ3) is 7.51. The number of rotatable bonds is 10. The van der Waals surface area contributed by atoms with E-state index >= 15 is 0 Å². The largest absolute Gasteiger partial charge is 0.490 e. The molecular weight excluding hydrogens is 539 g/mol. The number of hydrogen-bond acceptors (Lipinski definition) is 5. The minimum absolute atomic E-state index is 0.0566. The molecule has 0 unspecified atom stereocenters. The predicted molar refractivity (Wildman–Crippen MR) is 151 cm³/mol. The zero-order valence-electron chi connectivity index (χ0n) is 23.0. The number of aryl methyl sites for hydroxylation is 1. The second-order valence-electron chi connectivity index (χ2n) is 9.31. The van der Waals surface area contributed by atoms with Crippen molar-refractivity contribution in [1.29, 1.82) is 0 Å². The maximum atomic E-state index is 13.7. The van der Waals surface area contributed by atoms with Crippen LogP contribution in [-0.4, -0.2) is 61.8 Å². The van der Waals surface area contributed by atoms with Crippen molar-refractivity contribution in [2.24, 2.45) is 5.73 Å². The molecule has 12 heteroatoms. The number of carbonyl (C=O) groups is 2. The normalized spacial score (nSPS) is 11.4. The number of aromatic nitrogens is 3. The van der Waals surface area contributed by atoms with Gasteiger partial charge in [-0.25, -0.2) is 9.78 Å². The monoisotopic (exact) mass is 573 g/mol. The van der Waals surface area contributed by atoms with Crippen LogP contribution in [0, 0.1) is 0 Å². The van der Waals surface area contributed by atoms with Crippen LogP contribution in [0.5, 0.6) is 0 Å².